The molecule has 0 amide bonds. The van der Waals surface area contributed by atoms with E-state index in [-0.39, 0.29) is 33.9 Å². The lowest BCUT2D eigenvalue weighted by Gasteiger charge is -2.32. The molecule has 0 atom stereocenters. The molecule has 5 rings (SSSR count). The molecule has 2 aromatic carbocycles. The zero-order chi connectivity index (χ0) is 36.5. The van der Waals surface area contributed by atoms with E-state index in [0.717, 1.165) is 4.47 Å². The minimum absolute atomic E-state index is 0.0993. The molecule has 2 aromatic rings. The van der Waals surface area contributed by atoms with Crippen LogP contribution in [0.1, 0.15) is 83.1 Å². The molecule has 0 aromatic heterocycles. The molecule has 0 radical (unpaired) electrons. The highest BCUT2D eigenvalue weighted by Gasteiger charge is 2.63. The molecule has 3 saturated heterocycles. The van der Waals surface area contributed by atoms with Crippen LogP contribution in [-0.4, -0.2) is 68.0 Å². The van der Waals surface area contributed by atoms with Gasteiger partial charge < -0.3 is 37.4 Å². The molecule has 8 nitrogen and oxygen atoms in total. The lowest BCUT2D eigenvalue weighted by atomic mass is 9.49. The van der Waals surface area contributed by atoms with E-state index in [2.05, 4.69) is 25.4 Å². The first kappa shape index (κ1) is 40.6. The van der Waals surface area contributed by atoms with Crippen LogP contribution in [-0.2, 0) is 27.9 Å². The zero-order valence-corrected chi connectivity index (χ0v) is 31.2. The summed E-state index contributed by atoms with van der Waals surface area (Å²) in [5.74, 6) is 0.261. The van der Waals surface area contributed by atoms with E-state index in [9.17, 15) is 17.6 Å². The Labute approximate surface area is 291 Å². The maximum Gasteiger partial charge on any atom is 0.494 e. The van der Waals surface area contributed by atoms with Gasteiger partial charge in [0.15, 0.2) is 0 Å². The second-order valence-corrected chi connectivity index (χ2v) is 15.5. The van der Waals surface area contributed by atoms with E-state index in [1.807, 2.05) is 83.1 Å². The molecule has 0 N–H and O–H groups in total. The minimum Gasteiger partial charge on any atom is -0.435 e. The Bertz CT molecular complexity index is 1300. The van der Waals surface area contributed by atoms with Gasteiger partial charge in [0.05, 0.1) is 33.6 Å². The summed E-state index contributed by atoms with van der Waals surface area (Å²) in [5, 5.41) is 0. The lowest BCUT2D eigenvalue weighted by Crippen LogP contribution is -2.41. The first-order valence-electron chi connectivity index (χ1n) is 15.6. The lowest BCUT2D eigenvalue weighted by molar-refractivity contribution is -0.0505. The average Bonchev–Trinajstić information content (AvgIpc) is 3.38. The van der Waals surface area contributed by atoms with E-state index in [0.29, 0.717) is 5.46 Å². The fourth-order valence-electron chi connectivity index (χ4n) is 4.46. The number of benzene rings is 2. The molecule has 16 heteroatoms. The molecular formula is C32H46B3BrF4O8. The highest BCUT2D eigenvalue weighted by molar-refractivity contribution is 9.10. The van der Waals surface area contributed by atoms with E-state index in [1.165, 1.54) is 24.3 Å². The SMILES string of the molecule is CC1(C)OB(B2OC(C)(C)C(C)(C)O2)OC1(C)C.CC1(C)OB(c2cccc(OC(F)F)c2)OC1(C)C.FC(F)Oc1cccc(Br)c1. The Morgan fingerprint density at radius 3 is 1.21 bits per heavy atom. The van der Waals surface area contributed by atoms with E-state index in [1.54, 1.807) is 24.3 Å². The van der Waals surface area contributed by atoms with Crippen molar-refractivity contribution in [1.29, 1.82) is 0 Å². The van der Waals surface area contributed by atoms with E-state index < -0.39 is 45.6 Å². The maximum atomic E-state index is 12.2. The highest BCUT2D eigenvalue weighted by Crippen LogP contribution is 2.43. The molecule has 266 valence electrons. The van der Waals surface area contributed by atoms with Gasteiger partial charge in [0, 0.05) is 4.47 Å². The molecule has 3 aliphatic rings. The molecule has 3 fully saturated rings. The predicted octanol–water partition coefficient (Wildman–Crippen LogP) is 7.89. The third kappa shape index (κ3) is 9.92. The van der Waals surface area contributed by atoms with Crippen LogP contribution < -0.4 is 14.9 Å². The summed E-state index contributed by atoms with van der Waals surface area (Å²) in [6.07, 6.45) is 0. The molecule has 48 heavy (non-hydrogen) atoms. The van der Waals surface area contributed by atoms with Crippen LogP contribution in [0, 0.1) is 0 Å². The second kappa shape index (κ2) is 14.8. The number of ether oxygens (including phenoxy) is 2. The fraction of sp³-hybridized carbons (Fsp3) is 0.625. The minimum atomic E-state index is -2.84. The smallest absolute Gasteiger partial charge is 0.435 e. The summed E-state index contributed by atoms with van der Waals surface area (Å²) in [5.41, 5.74) is -1.70. The summed E-state index contributed by atoms with van der Waals surface area (Å²) in [6, 6.07) is 12.7. The summed E-state index contributed by atoms with van der Waals surface area (Å²) < 4.78 is 92.4. The van der Waals surface area contributed by atoms with Crippen LogP contribution in [0.3, 0.4) is 0 Å². The Hall–Kier alpha value is -1.81. The Morgan fingerprint density at radius 1 is 0.521 bits per heavy atom. The first-order valence-corrected chi connectivity index (χ1v) is 16.4. The number of alkyl halides is 4. The van der Waals surface area contributed by atoms with Gasteiger partial charge in [-0.05, 0) is 119 Å². The Kier molecular flexibility index (Phi) is 12.5. The normalized spacial score (nSPS) is 22.6. The maximum absolute atomic E-state index is 12.2. The van der Waals surface area contributed by atoms with Crippen molar-refractivity contribution in [2.45, 2.75) is 130 Å². The monoisotopic (exact) mass is 746 g/mol. The summed E-state index contributed by atoms with van der Waals surface area (Å²) in [6.45, 7) is 18.4. The van der Waals surface area contributed by atoms with Crippen molar-refractivity contribution in [2.75, 3.05) is 0 Å². The van der Waals surface area contributed by atoms with Crippen molar-refractivity contribution >= 4 is 42.5 Å². The standard InChI is InChI=1S/C13H17BF2O3.C12H24B2O4.C7H5BrF2O/c1-12(2)13(3,4)19-14(18-12)9-6-5-7-10(8-9)17-11(15)16;1-9(2)10(3,4)16-13(15-9)14-17-11(5,6)12(7,8)18-14;8-5-2-1-3-6(4-5)11-7(9)10/h5-8,11H,1-4H3;1-8H3;1-4,7H. The molecule has 3 heterocycles. The van der Waals surface area contributed by atoms with Gasteiger partial charge >= 0.3 is 34.4 Å². The van der Waals surface area contributed by atoms with Gasteiger partial charge in [-0.2, -0.15) is 17.6 Å². The summed E-state index contributed by atoms with van der Waals surface area (Å²) >= 11 is 3.13. The van der Waals surface area contributed by atoms with Crippen LogP contribution in [0.2, 0.25) is 0 Å². The van der Waals surface area contributed by atoms with Gasteiger partial charge in [0.25, 0.3) is 0 Å². The van der Waals surface area contributed by atoms with Gasteiger partial charge in [-0.15, -0.1) is 0 Å². The van der Waals surface area contributed by atoms with Gasteiger partial charge in [-0.3, -0.25) is 0 Å². The van der Waals surface area contributed by atoms with Crippen molar-refractivity contribution in [2.24, 2.45) is 0 Å². The van der Waals surface area contributed by atoms with Crippen molar-refractivity contribution in [1.82, 2.24) is 0 Å². The Balaban J connectivity index is 0.000000203. The molecule has 0 aliphatic carbocycles. The third-order valence-corrected chi connectivity index (χ3v) is 9.89. The van der Waals surface area contributed by atoms with E-state index in [4.69, 9.17) is 27.9 Å². The van der Waals surface area contributed by atoms with Gasteiger partial charge in [-0.25, -0.2) is 0 Å². The molecule has 0 spiro atoms. The zero-order valence-electron chi connectivity index (χ0n) is 29.7. The first-order chi connectivity index (χ1) is 21.8. The second-order valence-electron chi connectivity index (χ2n) is 14.6. The molecule has 0 bridgehead atoms. The topological polar surface area (TPSA) is 73.8 Å². The van der Waals surface area contributed by atoms with Gasteiger partial charge in [-0.1, -0.05) is 34.1 Å². The van der Waals surface area contributed by atoms with Crippen LogP contribution >= 0.6 is 15.9 Å². The van der Waals surface area contributed by atoms with Gasteiger partial charge in [0.1, 0.15) is 11.5 Å². The largest absolute Gasteiger partial charge is 0.494 e. The third-order valence-electron chi connectivity index (χ3n) is 9.40. The molecule has 0 saturated carbocycles. The van der Waals surface area contributed by atoms with E-state index >= 15 is 0 Å². The highest BCUT2D eigenvalue weighted by atomic mass is 79.9. The van der Waals surface area contributed by atoms with Crippen LogP contribution in [0.25, 0.3) is 0 Å². The summed E-state index contributed by atoms with van der Waals surface area (Å²) in [7, 11) is -1.53. The number of halogens is 5. The van der Waals surface area contributed by atoms with Crippen LogP contribution in [0.15, 0.2) is 53.0 Å². The number of rotatable bonds is 6. The molecule has 0 unspecified atom stereocenters. The number of hydrogen-bond donors (Lipinski definition) is 0. The Morgan fingerprint density at radius 2 is 0.854 bits per heavy atom. The fourth-order valence-corrected chi connectivity index (χ4v) is 4.84. The van der Waals surface area contributed by atoms with Crippen molar-refractivity contribution < 1.29 is 55.0 Å². The predicted molar refractivity (Wildman–Crippen MR) is 182 cm³/mol. The average molecular weight is 747 g/mol. The van der Waals surface area contributed by atoms with Crippen LogP contribution in [0.4, 0.5) is 17.6 Å². The van der Waals surface area contributed by atoms with Gasteiger partial charge in [0.2, 0.25) is 0 Å². The molecular weight excluding hydrogens is 701 g/mol. The molecule has 3 aliphatic heterocycles. The summed E-state index contributed by atoms with van der Waals surface area (Å²) in [4.78, 5) is 0. The number of hydrogen-bond acceptors (Lipinski definition) is 8. The van der Waals surface area contributed by atoms with Crippen LogP contribution in [0.5, 0.6) is 11.5 Å². The van der Waals surface area contributed by atoms with Crippen molar-refractivity contribution in [3.63, 3.8) is 0 Å². The quantitative estimate of drug-likeness (QED) is 0.219. The van der Waals surface area contributed by atoms with Crippen molar-refractivity contribution in [3.8, 4) is 11.5 Å². The van der Waals surface area contributed by atoms with Crippen molar-refractivity contribution in [3.05, 3.63) is 53.0 Å².